The number of methoxy groups -OCH3 is 1. The molecule has 6 rings (SSSR count). The molecule has 188 valence electrons. The number of hydrogen-bond acceptors (Lipinski definition) is 7. The minimum atomic E-state index is -0.155. The molecule has 1 saturated carbocycles. The molecule has 1 atom stereocenters. The summed E-state index contributed by atoms with van der Waals surface area (Å²) in [6.45, 7) is 1.95. The van der Waals surface area contributed by atoms with Gasteiger partial charge in [0.2, 0.25) is 0 Å². The molecular formula is C26H27ClN4O5. The predicted octanol–water partition coefficient (Wildman–Crippen LogP) is 4.10. The highest BCUT2D eigenvalue weighted by molar-refractivity contribution is 6.32. The topological polar surface area (TPSA) is 107 Å². The molecule has 2 aliphatic heterocycles. The average molecular weight is 511 g/mol. The predicted molar refractivity (Wildman–Crippen MR) is 134 cm³/mol. The second kappa shape index (κ2) is 9.31. The van der Waals surface area contributed by atoms with E-state index in [1.165, 1.54) is 0 Å². The number of hydrogen-bond donors (Lipinski definition) is 3. The maximum atomic E-state index is 13.3. The summed E-state index contributed by atoms with van der Waals surface area (Å²) >= 11 is 6.38. The molecule has 1 aromatic carbocycles. The van der Waals surface area contributed by atoms with Crippen LogP contribution in [0, 0.1) is 0 Å². The summed E-state index contributed by atoms with van der Waals surface area (Å²) in [4.78, 5) is 21.1. The zero-order valence-corrected chi connectivity index (χ0v) is 20.6. The van der Waals surface area contributed by atoms with Crippen molar-refractivity contribution in [3.8, 4) is 22.8 Å². The molecule has 3 N–H and O–H groups in total. The van der Waals surface area contributed by atoms with Crippen molar-refractivity contribution in [3.05, 3.63) is 52.9 Å². The maximum absolute atomic E-state index is 13.3. The fourth-order valence-electron chi connectivity index (χ4n) is 4.87. The van der Waals surface area contributed by atoms with E-state index in [-0.39, 0.29) is 17.6 Å². The van der Waals surface area contributed by atoms with Gasteiger partial charge in [0.1, 0.15) is 18.5 Å². The molecule has 4 heterocycles. The van der Waals surface area contributed by atoms with Crippen LogP contribution in [0.5, 0.6) is 11.5 Å². The van der Waals surface area contributed by atoms with Crippen LogP contribution in [0.25, 0.3) is 11.3 Å². The van der Waals surface area contributed by atoms with E-state index in [0.717, 1.165) is 36.2 Å². The largest absolute Gasteiger partial charge is 0.493 e. The number of nitrogens with one attached hydrogen (secondary N) is 3. The first-order valence-electron chi connectivity index (χ1n) is 12.0. The van der Waals surface area contributed by atoms with Crippen LogP contribution in [0.4, 0.5) is 11.4 Å². The highest BCUT2D eigenvalue weighted by atomic mass is 35.5. The SMILES string of the molecule is COc1c(Cl)cccc1Nc1c(-c2ccncc2OC[C@@H]2COCCO2)[nH]c2c1C(=O)NC1(CC1)C2. The standard InChI is InChI=1S/C26H27ClN4O5/c1-33-24-17(27)3-2-4-18(24)29-23-21-19(11-26(6-7-26)31-25(21)32)30-22(23)16-5-8-28-12-20(16)36-14-15-13-34-9-10-35-15/h2-5,8,12,15,29-30H,6-7,9-11,13-14H2,1H3,(H,31,32)/t15-/m0/s1. The zero-order chi connectivity index (χ0) is 24.7. The van der Waals surface area contributed by atoms with Crippen LogP contribution >= 0.6 is 11.6 Å². The highest BCUT2D eigenvalue weighted by Gasteiger charge is 2.49. The molecule has 10 heteroatoms. The lowest BCUT2D eigenvalue weighted by atomic mass is 9.98. The van der Waals surface area contributed by atoms with E-state index in [1.807, 2.05) is 18.2 Å². The molecular weight excluding hydrogens is 484 g/mol. The number of carbonyl (C=O) groups excluding carboxylic acids is 1. The lowest BCUT2D eigenvalue weighted by molar-refractivity contribution is -0.101. The molecule has 2 aromatic heterocycles. The van der Waals surface area contributed by atoms with Gasteiger partial charge >= 0.3 is 0 Å². The van der Waals surface area contributed by atoms with Crippen molar-refractivity contribution in [3.63, 3.8) is 0 Å². The third-order valence-corrected chi connectivity index (χ3v) is 7.14. The average Bonchev–Trinajstić information content (AvgIpc) is 3.53. The first-order chi connectivity index (χ1) is 17.6. The summed E-state index contributed by atoms with van der Waals surface area (Å²) in [5, 5.41) is 7.10. The number of pyridine rings is 1. The summed E-state index contributed by atoms with van der Waals surface area (Å²) in [6, 6.07) is 7.32. The number of para-hydroxylation sites is 1. The Morgan fingerprint density at radius 2 is 2.17 bits per heavy atom. The molecule has 1 aliphatic carbocycles. The number of halogens is 1. The smallest absolute Gasteiger partial charge is 0.255 e. The molecule has 0 unspecified atom stereocenters. The molecule has 2 fully saturated rings. The Balaban J connectivity index is 1.42. The summed E-state index contributed by atoms with van der Waals surface area (Å²) < 4.78 is 22.9. The van der Waals surface area contributed by atoms with Crippen LogP contribution in [0.15, 0.2) is 36.7 Å². The van der Waals surface area contributed by atoms with E-state index in [4.69, 9.17) is 30.5 Å². The van der Waals surface area contributed by atoms with Crippen molar-refractivity contribution >= 4 is 28.9 Å². The van der Waals surface area contributed by atoms with E-state index in [1.54, 1.807) is 25.6 Å². The molecule has 1 amide bonds. The summed E-state index contributed by atoms with van der Waals surface area (Å²) in [6.07, 6.45) is 5.91. The van der Waals surface area contributed by atoms with E-state index >= 15 is 0 Å². The third kappa shape index (κ3) is 4.27. The number of nitrogens with zero attached hydrogens (tertiary/aromatic N) is 1. The van der Waals surface area contributed by atoms with Gasteiger partial charge in [-0.25, -0.2) is 0 Å². The van der Waals surface area contributed by atoms with Crippen molar-refractivity contribution in [1.29, 1.82) is 0 Å². The quantitative estimate of drug-likeness (QED) is 0.439. The van der Waals surface area contributed by atoms with Crippen LogP contribution in [-0.4, -0.2) is 61.1 Å². The van der Waals surface area contributed by atoms with Crippen LogP contribution < -0.4 is 20.1 Å². The van der Waals surface area contributed by atoms with Gasteiger partial charge in [-0.3, -0.25) is 9.78 Å². The van der Waals surface area contributed by atoms with Crippen molar-refractivity contribution in [2.24, 2.45) is 0 Å². The first kappa shape index (κ1) is 23.1. The van der Waals surface area contributed by atoms with Gasteiger partial charge in [0.25, 0.3) is 5.91 Å². The Morgan fingerprint density at radius 3 is 2.94 bits per heavy atom. The van der Waals surface area contributed by atoms with Crippen molar-refractivity contribution in [2.75, 3.05) is 38.9 Å². The Morgan fingerprint density at radius 1 is 1.28 bits per heavy atom. The summed E-state index contributed by atoms with van der Waals surface area (Å²) in [5.74, 6) is 0.965. The second-order valence-corrected chi connectivity index (χ2v) is 9.74. The third-order valence-electron chi connectivity index (χ3n) is 6.85. The molecule has 1 saturated heterocycles. The number of rotatable bonds is 7. The number of benzene rings is 1. The lowest BCUT2D eigenvalue weighted by Crippen LogP contribution is -2.43. The molecule has 36 heavy (non-hydrogen) atoms. The minimum Gasteiger partial charge on any atom is -0.493 e. The van der Waals surface area contributed by atoms with E-state index < -0.39 is 0 Å². The van der Waals surface area contributed by atoms with E-state index in [2.05, 4.69) is 20.6 Å². The number of fused-ring (bicyclic) bond motifs is 1. The molecule has 0 bridgehead atoms. The first-order valence-corrected chi connectivity index (χ1v) is 12.4. The second-order valence-electron chi connectivity index (χ2n) is 9.34. The Hall–Kier alpha value is -3.27. The van der Waals surface area contributed by atoms with Gasteiger partial charge in [0.15, 0.2) is 5.75 Å². The minimum absolute atomic E-state index is 0.107. The van der Waals surface area contributed by atoms with Crippen molar-refractivity contribution in [2.45, 2.75) is 30.9 Å². The Kier molecular flexibility index (Phi) is 5.99. The number of aromatic nitrogens is 2. The normalized spacial score (nSPS) is 19.9. The van der Waals surface area contributed by atoms with Gasteiger partial charge in [0.05, 0.1) is 60.8 Å². The lowest BCUT2D eigenvalue weighted by Gasteiger charge is -2.24. The number of carbonyl (C=O) groups is 1. The van der Waals surface area contributed by atoms with Gasteiger partial charge in [-0.1, -0.05) is 17.7 Å². The number of aromatic amines is 1. The fourth-order valence-corrected chi connectivity index (χ4v) is 5.12. The molecule has 3 aliphatic rings. The highest BCUT2D eigenvalue weighted by Crippen LogP contribution is 2.48. The van der Waals surface area contributed by atoms with Crippen LogP contribution in [0.2, 0.25) is 5.02 Å². The molecule has 0 radical (unpaired) electrons. The maximum Gasteiger partial charge on any atom is 0.255 e. The molecule has 1 spiro atoms. The van der Waals surface area contributed by atoms with Crippen LogP contribution in [0.3, 0.4) is 0 Å². The molecule has 9 nitrogen and oxygen atoms in total. The Bertz CT molecular complexity index is 1300. The monoisotopic (exact) mass is 510 g/mol. The Labute approximate surface area is 213 Å². The van der Waals surface area contributed by atoms with Gasteiger partial charge in [-0.15, -0.1) is 0 Å². The fraction of sp³-hybridized carbons (Fsp3) is 0.385. The van der Waals surface area contributed by atoms with Crippen LogP contribution in [-0.2, 0) is 15.9 Å². The van der Waals surface area contributed by atoms with Crippen LogP contribution in [0.1, 0.15) is 28.9 Å². The number of H-pyrrole nitrogens is 1. The molecule has 3 aromatic rings. The van der Waals surface area contributed by atoms with Gasteiger partial charge in [0, 0.05) is 29.4 Å². The number of amides is 1. The van der Waals surface area contributed by atoms with Gasteiger partial charge < -0.3 is 34.6 Å². The van der Waals surface area contributed by atoms with Crippen molar-refractivity contribution in [1.82, 2.24) is 15.3 Å². The number of ether oxygens (including phenoxy) is 4. The summed E-state index contributed by atoms with van der Waals surface area (Å²) in [5.41, 5.74) is 4.11. The van der Waals surface area contributed by atoms with E-state index in [9.17, 15) is 4.79 Å². The number of anilines is 2. The van der Waals surface area contributed by atoms with E-state index in [0.29, 0.717) is 59.9 Å². The zero-order valence-electron chi connectivity index (χ0n) is 19.9. The summed E-state index contributed by atoms with van der Waals surface area (Å²) in [7, 11) is 1.56. The van der Waals surface area contributed by atoms with Crippen molar-refractivity contribution < 1.29 is 23.7 Å². The van der Waals surface area contributed by atoms with Gasteiger partial charge in [-0.2, -0.15) is 0 Å². The van der Waals surface area contributed by atoms with Gasteiger partial charge in [-0.05, 0) is 31.0 Å².